The van der Waals surface area contributed by atoms with E-state index < -0.39 is 0 Å². The number of hydrogen-bond donors (Lipinski definition) is 0. The Hall–Kier alpha value is -3.26. The second-order valence-corrected chi connectivity index (χ2v) is 6.37. The maximum Gasteiger partial charge on any atom is 0.198 e. The molecule has 4 rings (SSSR count). The third-order valence-electron chi connectivity index (χ3n) is 4.83. The average molecular weight is 338 g/mol. The van der Waals surface area contributed by atoms with Gasteiger partial charge in [0.05, 0.1) is 5.57 Å². The Bertz CT molecular complexity index is 988. The van der Waals surface area contributed by atoms with Gasteiger partial charge in [0.2, 0.25) is 0 Å². The van der Waals surface area contributed by atoms with Crippen LogP contribution in [0.1, 0.15) is 44.3 Å². The molecule has 3 aromatic carbocycles. The first kappa shape index (κ1) is 16.2. The number of ketones is 2. The highest BCUT2D eigenvalue weighted by Crippen LogP contribution is 2.35. The predicted octanol–water partition coefficient (Wildman–Crippen LogP) is 5.13. The minimum Gasteiger partial charge on any atom is -0.288 e. The first-order valence-corrected chi connectivity index (χ1v) is 8.78. The number of Topliss-reactive ketones (excluding diaryl/α,β-unsaturated/α-hetero) is 2. The molecule has 0 fully saturated rings. The third-order valence-corrected chi connectivity index (χ3v) is 4.83. The van der Waals surface area contributed by atoms with Crippen LogP contribution in [0.4, 0.5) is 0 Å². The van der Waals surface area contributed by atoms with Crippen LogP contribution in [-0.4, -0.2) is 11.6 Å². The van der Waals surface area contributed by atoms with Crippen molar-refractivity contribution in [2.45, 2.75) is 13.3 Å². The molecule has 0 bridgehead atoms. The number of allylic oxidation sites excluding steroid dienone is 1. The summed E-state index contributed by atoms with van der Waals surface area (Å²) in [5.41, 5.74) is 4.94. The first-order valence-electron chi connectivity index (χ1n) is 8.78. The lowest BCUT2D eigenvalue weighted by molar-refractivity contribution is 0.0990. The summed E-state index contributed by atoms with van der Waals surface area (Å²) in [7, 11) is 0. The Morgan fingerprint density at radius 1 is 0.654 bits per heavy atom. The Morgan fingerprint density at radius 2 is 1.15 bits per heavy atom. The molecule has 1 aliphatic rings. The number of benzene rings is 3. The lowest BCUT2D eigenvalue weighted by Gasteiger charge is -2.12. The van der Waals surface area contributed by atoms with Crippen molar-refractivity contribution in [2.24, 2.45) is 0 Å². The molecule has 0 spiro atoms. The van der Waals surface area contributed by atoms with Crippen LogP contribution in [0.3, 0.4) is 0 Å². The lowest BCUT2D eigenvalue weighted by Crippen LogP contribution is -2.06. The summed E-state index contributed by atoms with van der Waals surface area (Å²) in [6.07, 6.45) is 0.945. The molecule has 0 radical (unpaired) electrons. The van der Waals surface area contributed by atoms with Crippen LogP contribution in [0.15, 0.2) is 84.4 Å². The molecule has 0 N–H and O–H groups in total. The largest absolute Gasteiger partial charge is 0.288 e. The monoisotopic (exact) mass is 338 g/mol. The van der Waals surface area contributed by atoms with Gasteiger partial charge < -0.3 is 0 Å². The van der Waals surface area contributed by atoms with E-state index in [1.54, 1.807) is 24.3 Å². The molecule has 1 aliphatic carbocycles. The van der Waals surface area contributed by atoms with E-state index in [0.29, 0.717) is 16.7 Å². The van der Waals surface area contributed by atoms with Gasteiger partial charge in [0.15, 0.2) is 11.6 Å². The topological polar surface area (TPSA) is 34.1 Å². The van der Waals surface area contributed by atoms with Crippen molar-refractivity contribution < 1.29 is 9.59 Å². The molecule has 0 atom stereocenters. The van der Waals surface area contributed by atoms with Crippen molar-refractivity contribution in [2.75, 3.05) is 0 Å². The summed E-state index contributed by atoms with van der Waals surface area (Å²) in [6, 6.07) is 24.8. The van der Waals surface area contributed by atoms with E-state index in [1.807, 2.05) is 42.5 Å². The van der Waals surface area contributed by atoms with Gasteiger partial charge >= 0.3 is 0 Å². The Kier molecular flexibility index (Phi) is 4.10. The summed E-state index contributed by atoms with van der Waals surface area (Å²) in [5, 5.41) is 0. The first-order chi connectivity index (χ1) is 12.7. The second kappa shape index (κ2) is 6.57. The van der Waals surface area contributed by atoms with Gasteiger partial charge in [-0.15, -0.1) is 0 Å². The molecular weight excluding hydrogens is 320 g/mol. The number of carbonyl (C=O) groups excluding carboxylic acids is 2. The summed E-state index contributed by atoms with van der Waals surface area (Å²) >= 11 is 0. The molecule has 3 aromatic rings. The zero-order chi connectivity index (χ0) is 18.1. The number of aryl methyl sites for hydroxylation is 1. The highest BCUT2D eigenvalue weighted by Gasteiger charge is 2.35. The smallest absolute Gasteiger partial charge is 0.198 e. The van der Waals surface area contributed by atoms with Crippen molar-refractivity contribution in [3.63, 3.8) is 0 Å². The molecule has 0 unspecified atom stereocenters. The molecule has 0 aromatic heterocycles. The zero-order valence-corrected chi connectivity index (χ0v) is 14.5. The summed E-state index contributed by atoms with van der Waals surface area (Å²) in [4.78, 5) is 26.1. The Labute approximate surface area is 152 Å². The minimum absolute atomic E-state index is 0.191. The van der Waals surface area contributed by atoms with E-state index in [1.165, 1.54) is 5.56 Å². The minimum atomic E-state index is -0.191. The maximum atomic E-state index is 13.0. The highest BCUT2D eigenvalue weighted by atomic mass is 16.2. The van der Waals surface area contributed by atoms with Gasteiger partial charge in [-0.1, -0.05) is 85.8 Å². The fourth-order valence-corrected chi connectivity index (χ4v) is 3.45. The zero-order valence-electron chi connectivity index (χ0n) is 14.5. The predicted molar refractivity (Wildman–Crippen MR) is 103 cm³/mol. The molecule has 0 saturated carbocycles. The SMILES string of the molecule is CCc1ccc(C(=C2C(=O)c3ccccc3C2=O)c2ccccc2)cc1. The van der Waals surface area contributed by atoms with E-state index in [4.69, 9.17) is 0 Å². The van der Waals surface area contributed by atoms with Crippen molar-refractivity contribution in [3.8, 4) is 0 Å². The summed E-state index contributed by atoms with van der Waals surface area (Å²) < 4.78 is 0. The normalized spacial score (nSPS) is 13.0. The Morgan fingerprint density at radius 3 is 1.69 bits per heavy atom. The van der Waals surface area contributed by atoms with Crippen molar-refractivity contribution >= 4 is 17.1 Å². The van der Waals surface area contributed by atoms with Crippen molar-refractivity contribution in [3.05, 3.63) is 112 Å². The fraction of sp³-hybridized carbons (Fsp3) is 0.0833. The van der Waals surface area contributed by atoms with Crippen LogP contribution >= 0.6 is 0 Å². The van der Waals surface area contributed by atoms with Gasteiger partial charge in [-0.3, -0.25) is 9.59 Å². The van der Waals surface area contributed by atoms with E-state index in [9.17, 15) is 9.59 Å². The highest BCUT2D eigenvalue weighted by molar-refractivity contribution is 6.43. The molecule has 2 heteroatoms. The molecular formula is C24H18O2. The molecule has 0 saturated heterocycles. The van der Waals surface area contributed by atoms with Gasteiger partial charge in [0.1, 0.15) is 0 Å². The lowest BCUT2D eigenvalue weighted by atomic mass is 9.90. The number of rotatable bonds is 3. The van der Waals surface area contributed by atoms with Gasteiger partial charge in [-0.2, -0.15) is 0 Å². The maximum absolute atomic E-state index is 13.0. The van der Waals surface area contributed by atoms with Gasteiger partial charge in [-0.05, 0) is 23.1 Å². The van der Waals surface area contributed by atoms with Crippen LogP contribution in [0, 0.1) is 0 Å². The van der Waals surface area contributed by atoms with Crippen LogP contribution in [0.2, 0.25) is 0 Å². The standard InChI is InChI=1S/C24H18O2/c1-2-16-12-14-18(15-13-16)21(17-8-4-3-5-9-17)22-23(25)19-10-6-7-11-20(19)24(22)26/h3-15H,2H2,1H3. The quantitative estimate of drug-likeness (QED) is 0.490. The second-order valence-electron chi connectivity index (χ2n) is 6.37. The fourth-order valence-electron chi connectivity index (χ4n) is 3.45. The van der Waals surface area contributed by atoms with Gasteiger partial charge in [0, 0.05) is 16.7 Å². The number of hydrogen-bond acceptors (Lipinski definition) is 2. The van der Waals surface area contributed by atoms with Crippen LogP contribution in [0.25, 0.3) is 5.57 Å². The molecule has 126 valence electrons. The van der Waals surface area contributed by atoms with Crippen molar-refractivity contribution in [1.29, 1.82) is 0 Å². The van der Waals surface area contributed by atoms with Crippen LogP contribution in [0.5, 0.6) is 0 Å². The van der Waals surface area contributed by atoms with Crippen LogP contribution in [-0.2, 0) is 6.42 Å². The molecule has 0 heterocycles. The van der Waals surface area contributed by atoms with E-state index in [-0.39, 0.29) is 17.1 Å². The molecule has 26 heavy (non-hydrogen) atoms. The van der Waals surface area contributed by atoms with Gasteiger partial charge in [-0.25, -0.2) is 0 Å². The van der Waals surface area contributed by atoms with E-state index >= 15 is 0 Å². The third kappa shape index (κ3) is 2.60. The average Bonchev–Trinajstić information content (AvgIpc) is 2.95. The Balaban J connectivity index is 1.98. The summed E-state index contributed by atoms with van der Waals surface area (Å²) in [5.74, 6) is -0.381. The van der Waals surface area contributed by atoms with Crippen LogP contribution < -0.4 is 0 Å². The van der Waals surface area contributed by atoms with Crippen molar-refractivity contribution in [1.82, 2.24) is 0 Å². The number of carbonyl (C=O) groups is 2. The van der Waals surface area contributed by atoms with E-state index in [0.717, 1.165) is 17.5 Å². The molecule has 2 nitrogen and oxygen atoms in total. The molecule has 0 aliphatic heterocycles. The summed E-state index contributed by atoms with van der Waals surface area (Å²) in [6.45, 7) is 2.10. The van der Waals surface area contributed by atoms with E-state index in [2.05, 4.69) is 19.1 Å². The van der Waals surface area contributed by atoms with Gasteiger partial charge in [0.25, 0.3) is 0 Å². The molecule has 0 amide bonds. The number of fused-ring (bicyclic) bond motifs is 1.